The van der Waals surface area contributed by atoms with E-state index in [2.05, 4.69) is 10.5 Å². The predicted molar refractivity (Wildman–Crippen MR) is 102 cm³/mol. The van der Waals surface area contributed by atoms with E-state index in [0.717, 1.165) is 0 Å². The van der Waals surface area contributed by atoms with Gasteiger partial charge >= 0.3 is 0 Å². The lowest BCUT2D eigenvalue weighted by Gasteiger charge is -2.30. The quantitative estimate of drug-likeness (QED) is 0.761. The number of rotatable bonds is 5. The Kier molecular flexibility index (Phi) is 5.91. The first kappa shape index (κ1) is 20.2. The fraction of sp³-hybridized carbons (Fsp3) is 0.450. The molecule has 1 aromatic carbocycles. The molecule has 0 aliphatic heterocycles. The van der Waals surface area contributed by atoms with Crippen LogP contribution in [-0.4, -0.2) is 22.9 Å². The largest absolute Gasteiger partial charge is 0.360 e. The van der Waals surface area contributed by atoms with Crippen LogP contribution in [0, 0.1) is 12.3 Å². The molecule has 26 heavy (non-hydrogen) atoms. The molecular weight excluding hydrogens is 352 g/mol. The molecule has 2 rings (SSSR count). The molecule has 0 saturated carbocycles. The van der Waals surface area contributed by atoms with Gasteiger partial charge in [-0.1, -0.05) is 51.4 Å². The molecule has 0 fully saturated rings. The number of nitrogens with zero attached hydrogens (tertiary/aromatic N) is 1. The zero-order valence-electron chi connectivity index (χ0n) is 16.0. The van der Waals surface area contributed by atoms with Crippen LogP contribution in [0.5, 0.6) is 0 Å². The molecule has 1 amide bonds. The zero-order chi connectivity index (χ0) is 19.6. The molecule has 5 nitrogen and oxygen atoms in total. The fourth-order valence-electron chi connectivity index (χ4n) is 2.72. The summed E-state index contributed by atoms with van der Waals surface area (Å²) in [6.45, 7) is 11.3. The number of amides is 1. The van der Waals surface area contributed by atoms with Gasteiger partial charge in [0.25, 0.3) is 5.91 Å². The lowest BCUT2D eigenvalue weighted by molar-refractivity contribution is 0.0780. The van der Waals surface area contributed by atoms with Gasteiger partial charge in [0.15, 0.2) is 11.5 Å². The van der Waals surface area contributed by atoms with Crippen LogP contribution in [0.25, 0.3) is 0 Å². The van der Waals surface area contributed by atoms with Crippen molar-refractivity contribution in [1.29, 1.82) is 0 Å². The van der Waals surface area contributed by atoms with Crippen molar-refractivity contribution in [3.05, 3.63) is 51.9 Å². The molecule has 1 unspecified atom stereocenters. The molecule has 0 aliphatic rings. The third-order valence-corrected chi connectivity index (χ3v) is 4.42. The summed E-state index contributed by atoms with van der Waals surface area (Å²) in [7, 11) is 0. The first-order chi connectivity index (χ1) is 12.0. The van der Waals surface area contributed by atoms with Crippen molar-refractivity contribution in [2.75, 3.05) is 0 Å². The fourth-order valence-corrected chi connectivity index (χ4v) is 2.84. The van der Waals surface area contributed by atoms with Gasteiger partial charge in [0, 0.05) is 16.5 Å². The number of Topliss-reactive ketones (excluding diaryl/α,β-unsaturated/α-hetero) is 1. The molecular formula is C20H25ClN2O3. The van der Waals surface area contributed by atoms with Gasteiger partial charge in [0.2, 0.25) is 0 Å². The van der Waals surface area contributed by atoms with Crippen molar-refractivity contribution in [3.8, 4) is 0 Å². The van der Waals surface area contributed by atoms with E-state index < -0.39 is 11.5 Å². The molecule has 0 aliphatic carbocycles. The monoisotopic (exact) mass is 376 g/mol. The van der Waals surface area contributed by atoms with Gasteiger partial charge in [-0.3, -0.25) is 9.59 Å². The molecule has 140 valence electrons. The van der Waals surface area contributed by atoms with Crippen molar-refractivity contribution >= 4 is 23.3 Å². The third kappa shape index (κ3) is 4.33. The summed E-state index contributed by atoms with van der Waals surface area (Å²) in [5.41, 5.74) is 0.937. The summed E-state index contributed by atoms with van der Waals surface area (Å²) < 4.78 is 5.29. The van der Waals surface area contributed by atoms with E-state index in [4.69, 9.17) is 16.1 Å². The number of benzene rings is 1. The predicted octanol–water partition coefficient (Wildman–Crippen LogP) is 4.79. The normalized spacial score (nSPS) is 12.9. The van der Waals surface area contributed by atoms with Crippen LogP contribution in [0.4, 0.5) is 0 Å². The maximum atomic E-state index is 13.0. The van der Waals surface area contributed by atoms with Crippen molar-refractivity contribution in [2.24, 2.45) is 5.41 Å². The average molecular weight is 377 g/mol. The van der Waals surface area contributed by atoms with E-state index in [1.807, 2.05) is 34.6 Å². The van der Waals surface area contributed by atoms with Crippen molar-refractivity contribution in [1.82, 2.24) is 10.5 Å². The van der Waals surface area contributed by atoms with Crippen LogP contribution in [0.2, 0.25) is 5.02 Å². The Morgan fingerprint density at radius 3 is 2.23 bits per heavy atom. The molecule has 1 heterocycles. The zero-order valence-corrected chi connectivity index (χ0v) is 16.8. The molecule has 0 saturated heterocycles. The number of carbonyl (C=O) groups excluding carboxylic acids is 2. The average Bonchev–Trinajstić information content (AvgIpc) is 2.93. The Morgan fingerprint density at radius 1 is 1.15 bits per heavy atom. The lowest BCUT2D eigenvalue weighted by Crippen LogP contribution is -2.49. The topological polar surface area (TPSA) is 72.2 Å². The number of nitrogens with one attached hydrogen (secondary N) is 1. The second-order valence-corrected chi connectivity index (χ2v) is 8.24. The van der Waals surface area contributed by atoms with Crippen molar-refractivity contribution < 1.29 is 14.1 Å². The van der Waals surface area contributed by atoms with Gasteiger partial charge < -0.3 is 9.84 Å². The smallest absolute Gasteiger partial charge is 0.257 e. The van der Waals surface area contributed by atoms with Crippen molar-refractivity contribution in [2.45, 2.75) is 53.5 Å². The molecule has 0 spiro atoms. The van der Waals surface area contributed by atoms with Crippen LogP contribution in [0.15, 0.2) is 28.8 Å². The Bertz CT molecular complexity index is 801. The Hall–Kier alpha value is -2.14. The molecule has 1 aromatic heterocycles. The third-order valence-electron chi connectivity index (χ3n) is 4.17. The van der Waals surface area contributed by atoms with E-state index in [9.17, 15) is 9.59 Å². The van der Waals surface area contributed by atoms with Crippen LogP contribution >= 0.6 is 11.6 Å². The minimum absolute atomic E-state index is 0.0111. The standard InChI is InChI=1S/C20H25ClN2O3/c1-11(2)17-15(12(3)23-26-17)19(25)22-18(20(4,5)6)16(24)13-7-9-14(21)10-8-13/h7-11,18H,1-6H3,(H,22,25). The lowest BCUT2D eigenvalue weighted by atomic mass is 9.82. The summed E-state index contributed by atoms with van der Waals surface area (Å²) in [5.74, 6) is 0.0148. The SMILES string of the molecule is Cc1noc(C(C)C)c1C(=O)NC(C(=O)c1ccc(Cl)cc1)C(C)(C)C. The summed E-state index contributed by atoms with van der Waals surface area (Å²) in [5, 5.41) is 7.35. The number of carbonyl (C=O) groups is 2. The second kappa shape index (κ2) is 7.62. The van der Waals surface area contributed by atoms with E-state index in [0.29, 0.717) is 27.6 Å². The maximum Gasteiger partial charge on any atom is 0.257 e. The van der Waals surface area contributed by atoms with Crippen LogP contribution in [0.3, 0.4) is 0 Å². The highest BCUT2D eigenvalue weighted by molar-refractivity contribution is 6.30. The minimum atomic E-state index is -0.703. The summed E-state index contributed by atoms with van der Waals surface area (Å²) in [6, 6.07) is 5.96. The summed E-state index contributed by atoms with van der Waals surface area (Å²) in [6.07, 6.45) is 0. The maximum absolute atomic E-state index is 13.0. The van der Waals surface area contributed by atoms with E-state index in [1.165, 1.54) is 0 Å². The Labute approximate surface area is 159 Å². The van der Waals surface area contributed by atoms with Crippen LogP contribution in [0.1, 0.15) is 72.7 Å². The number of hydrogen-bond donors (Lipinski definition) is 1. The first-order valence-electron chi connectivity index (χ1n) is 8.59. The highest BCUT2D eigenvalue weighted by atomic mass is 35.5. The Balaban J connectivity index is 2.35. The first-order valence-corrected chi connectivity index (χ1v) is 8.97. The number of ketones is 1. The van der Waals surface area contributed by atoms with Gasteiger partial charge in [-0.15, -0.1) is 0 Å². The van der Waals surface area contributed by atoms with Gasteiger partial charge in [0.1, 0.15) is 5.56 Å². The summed E-state index contributed by atoms with van der Waals surface area (Å²) >= 11 is 5.90. The molecule has 6 heteroatoms. The molecule has 2 aromatic rings. The second-order valence-electron chi connectivity index (χ2n) is 7.81. The van der Waals surface area contributed by atoms with Gasteiger partial charge in [-0.05, 0) is 36.6 Å². The molecule has 0 bridgehead atoms. The van der Waals surface area contributed by atoms with Crippen molar-refractivity contribution in [3.63, 3.8) is 0 Å². The molecule has 1 atom stereocenters. The summed E-state index contributed by atoms with van der Waals surface area (Å²) in [4.78, 5) is 25.9. The van der Waals surface area contributed by atoms with Crippen LogP contribution in [-0.2, 0) is 0 Å². The highest BCUT2D eigenvalue weighted by Gasteiger charge is 2.35. The van der Waals surface area contributed by atoms with E-state index in [-0.39, 0.29) is 17.6 Å². The molecule has 0 radical (unpaired) electrons. The number of hydrogen-bond acceptors (Lipinski definition) is 4. The number of halogens is 1. The molecule has 1 N–H and O–H groups in total. The van der Waals surface area contributed by atoms with Gasteiger partial charge in [-0.2, -0.15) is 0 Å². The van der Waals surface area contributed by atoms with Crippen LogP contribution < -0.4 is 5.32 Å². The Morgan fingerprint density at radius 2 is 1.73 bits per heavy atom. The van der Waals surface area contributed by atoms with Gasteiger partial charge in [0.05, 0.1) is 11.7 Å². The number of aryl methyl sites for hydroxylation is 1. The van der Waals surface area contributed by atoms with Gasteiger partial charge in [-0.25, -0.2) is 0 Å². The van der Waals surface area contributed by atoms with E-state index in [1.54, 1.807) is 31.2 Å². The highest BCUT2D eigenvalue weighted by Crippen LogP contribution is 2.26. The minimum Gasteiger partial charge on any atom is -0.360 e. The van der Waals surface area contributed by atoms with E-state index >= 15 is 0 Å². The number of aromatic nitrogens is 1.